The van der Waals surface area contributed by atoms with E-state index in [4.69, 9.17) is 4.98 Å². The third-order valence-electron chi connectivity index (χ3n) is 6.89. The predicted octanol–water partition coefficient (Wildman–Crippen LogP) is 7.53. The zero-order chi connectivity index (χ0) is 24.0. The van der Waals surface area contributed by atoms with Gasteiger partial charge in [-0.2, -0.15) is 0 Å². The van der Waals surface area contributed by atoms with Gasteiger partial charge in [0, 0.05) is 10.6 Å². The van der Waals surface area contributed by atoms with Crippen molar-refractivity contribution in [3.8, 4) is 5.69 Å². The van der Waals surface area contributed by atoms with Crippen LogP contribution >= 0.6 is 23.1 Å². The van der Waals surface area contributed by atoms with Crippen LogP contribution in [0.4, 0.5) is 0 Å². The second kappa shape index (κ2) is 9.01. The third-order valence-corrected chi connectivity index (χ3v) is 9.09. The molecular weight excluding hydrogens is 456 g/mol. The molecule has 0 spiro atoms. The van der Waals surface area contributed by atoms with Crippen molar-refractivity contribution in [3.05, 3.63) is 85.5 Å². The number of thioether (sulfide) groups is 1. The normalized spacial score (nSPS) is 13.9. The highest BCUT2D eigenvalue weighted by Crippen LogP contribution is 2.36. The zero-order valence-corrected chi connectivity index (χ0v) is 22.3. The van der Waals surface area contributed by atoms with Crippen molar-refractivity contribution >= 4 is 33.3 Å². The molecule has 34 heavy (non-hydrogen) atoms. The molecule has 5 rings (SSSR count). The fraction of sp³-hybridized carbons (Fsp3) is 0.379. The highest BCUT2D eigenvalue weighted by molar-refractivity contribution is 7.98. The van der Waals surface area contributed by atoms with Crippen LogP contribution < -0.4 is 5.56 Å². The maximum Gasteiger partial charge on any atom is 0.267 e. The van der Waals surface area contributed by atoms with Gasteiger partial charge >= 0.3 is 0 Å². The Morgan fingerprint density at radius 1 is 1.00 bits per heavy atom. The van der Waals surface area contributed by atoms with Crippen molar-refractivity contribution < 1.29 is 0 Å². The van der Waals surface area contributed by atoms with E-state index in [0.29, 0.717) is 0 Å². The summed E-state index contributed by atoms with van der Waals surface area (Å²) in [7, 11) is 0. The Kier molecular flexibility index (Phi) is 6.19. The molecule has 0 unspecified atom stereocenters. The van der Waals surface area contributed by atoms with Gasteiger partial charge in [0.25, 0.3) is 5.56 Å². The summed E-state index contributed by atoms with van der Waals surface area (Å²) in [5, 5.41) is 1.62. The predicted molar refractivity (Wildman–Crippen MR) is 146 cm³/mol. The molecule has 0 aliphatic heterocycles. The van der Waals surface area contributed by atoms with Crippen LogP contribution in [0.5, 0.6) is 0 Å². The first-order valence-corrected chi connectivity index (χ1v) is 13.9. The van der Waals surface area contributed by atoms with Crippen LogP contribution in [-0.4, -0.2) is 9.55 Å². The zero-order valence-electron chi connectivity index (χ0n) is 20.7. The lowest BCUT2D eigenvalue weighted by Crippen LogP contribution is -2.22. The molecule has 0 saturated carbocycles. The maximum absolute atomic E-state index is 14.0. The summed E-state index contributed by atoms with van der Waals surface area (Å²) in [6.45, 7) is 10.9. The summed E-state index contributed by atoms with van der Waals surface area (Å²) < 4.78 is 1.85. The first-order valence-electron chi connectivity index (χ1n) is 12.1. The molecule has 0 radical (unpaired) electrons. The molecule has 0 bridgehead atoms. The van der Waals surface area contributed by atoms with E-state index in [1.165, 1.54) is 39.1 Å². The molecule has 176 valence electrons. The maximum atomic E-state index is 14.0. The Morgan fingerprint density at radius 2 is 1.74 bits per heavy atom. The van der Waals surface area contributed by atoms with Gasteiger partial charge in [0.05, 0.1) is 11.1 Å². The number of benzene rings is 2. The Balaban J connectivity index is 1.59. The van der Waals surface area contributed by atoms with Crippen molar-refractivity contribution in [2.24, 2.45) is 0 Å². The van der Waals surface area contributed by atoms with Crippen LogP contribution in [0.2, 0.25) is 0 Å². The highest BCUT2D eigenvalue weighted by atomic mass is 32.2. The fourth-order valence-corrected chi connectivity index (χ4v) is 6.90. The van der Waals surface area contributed by atoms with Crippen LogP contribution in [0.1, 0.15) is 66.3 Å². The summed E-state index contributed by atoms with van der Waals surface area (Å²) in [6, 6.07) is 15.1. The molecule has 4 aromatic rings. The lowest BCUT2D eigenvalue weighted by atomic mass is 9.87. The van der Waals surface area contributed by atoms with Crippen molar-refractivity contribution in [2.45, 2.75) is 76.6 Å². The molecule has 2 heterocycles. The van der Waals surface area contributed by atoms with Crippen molar-refractivity contribution in [1.82, 2.24) is 9.55 Å². The minimum absolute atomic E-state index is 0.0817. The summed E-state index contributed by atoms with van der Waals surface area (Å²) in [4.78, 5) is 21.3. The first kappa shape index (κ1) is 23.4. The van der Waals surface area contributed by atoms with Gasteiger partial charge in [-0.3, -0.25) is 9.36 Å². The summed E-state index contributed by atoms with van der Waals surface area (Å²) >= 11 is 3.38. The van der Waals surface area contributed by atoms with Crippen LogP contribution in [0, 0.1) is 13.8 Å². The lowest BCUT2D eigenvalue weighted by Gasteiger charge is -2.19. The third kappa shape index (κ3) is 4.36. The van der Waals surface area contributed by atoms with Gasteiger partial charge in [-0.25, -0.2) is 4.98 Å². The highest BCUT2D eigenvalue weighted by Gasteiger charge is 2.23. The Bertz CT molecular complexity index is 1420. The fourth-order valence-electron chi connectivity index (χ4n) is 4.62. The van der Waals surface area contributed by atoms with E-state index in [2.05, 4.69) is 77.1 Å². The Hall–Kier alpha value is -2.37. The van der Waals surface area contributed by atoms with Gasteiger partial charge in [0.2, 0.25) is 0 Å². The van der Waals surface area contributed by atoms with Crippen molar-refractivity contribution in [1.29, 1.82) is 0 Å². The molecule has 0 N–H and O–H groups in total. The number of thiophene rings is 1. The number of nitrogens with zero attached hydrogens (tertiary/aromatic N) is 2. The summed E-state index contributed by atoms with van der Waals surface area (Å²) in [5.74, 6) is 0.776. The second-order valence-electron chi connectivity index (χ2n) is 10.4. The molecular formula is C29H32N2OS2. The van der Waals surface area contributed by atoms with Gasteiger partial charge in [-0.1, -0.05) is 62.9 Å². The van der Waals surface area contributed by atoms with Gasteiger partial charge in [0.1, 0.15) is 4.83 Å². The van der Waals surface area contributed by atoms with Crippen molar-refractivity contribution in [2.75, 3.05) is 0 Å². The van der Waals surface area contributed by atoms with Gasteiger partial charge in [0.15, 0.2) is 5.16 Å². The van der Waals surface area contributed by atoms with Gasteiger partial charge in [-0.15, -0.1) is 11.3 Å². The average Bonchev–Trinajstić information content (AvgIpc) is 3.18. The molecule has 0 fully saturated rings. The second-order valence-corrected chi connectivity index (χ2v) is 12.5. The number of rotatable bonds is 4. The number of hydrogen-bond donors (Lipinski definition) is 0. The lowest BCUT2D eigenvalue weighted by molar-refractivity contribution is 0.590. The van der Waals surface area contributed by atoms with E-state index in [9.17, 15) is 4.79 Å². The molecule has 1 aliphatic rings. The smallest absolute Gasteiger partial charge is 0.267 e. The van der Waals surface area contributed by atoms with Crippen LogP contribution in [0.15, 0.2) is 52.4 Å². The van der Waals surface area contributed by atoms with E-state index in [0.717, 1.165) is 46.1 Å². The largest absolute Gasteiger partial charge is 0.268 e. The van der Waals surface area contributed by atoms with E-state index < -0.39 is 0 Å². The number of fused-ring (bicyclic) bond motifs is 3. The van der Waals surface area contributed by atoms with Crippen LogP contribution in [0.3, 0.4) is 0 Å². The van der Waals surface area contributed by atoms with E-state index in [1.807, 2.05) is 4.57 Å². The summed E-state index contributed by atoms with van der Waals surface area (Å²) in [6.07, 6.45) is 4.42. The topological polar surface area (TPSA) is 34.9 Å². The Labute approximate surface area is 210 Å². The molecule has 0 atom stereocenters. The SMILES string of the molecule is Cc1ccc(-n2c(SCc3ccc(C(C)(C)C)cc3)nc3sc4c(c3c2=O)CCCC4)cc1C. The molecule has 2 aromatic carbocycles. The number of aromatic nitrogens is 2. The van der Waals surface area contributed by atoms with Crippen LogP contribution in [0.25, 0.3) is 15.9 Å². The first-order chi connectivity index (χ1) is 16.2. The van der Waals surface area contributed by atoms with E-state index >= 15 is 0 Å². The standard InChI is InChI=1S/C29H32N2OS2/c1-18-10-15-22(16-19(18)2)31-27(32)25-23-8-6-7-9-24(23)34-26(25)30-28(31)33-17-20-11-13-21(14-12-20)29(3,4)5/h10-16H,6-9,17H2,1-5H3. The molecule has 0 saturated heterocycles. The van der Waals surface area contributed by atoms with Gasteiger partial charge in [-0.05, 0) is 84.9 Å². The Morgan fingerprint density at radius 3 is 2.44 bits per heavy atom. The molecule has 2 aromatic heterocycles. The number of aryl methyl sites for hydroxylation is 4. The van der Waals surface area contributed by atoms with E-state index in [1.54, 1.807) is 23.1 Å². The van der Waals surface area contributed by atoms with Crippen molar-refractivity contribution in [3.63, 3.8) is 0 Å². The quantitative estimate of drug-likeness (QED) is 0.220. The number of hydrogen-bond acceptors (Lipinski definition) is 4. The molecule has 1 aliphatic carbocycles. The van der Waals surface area contributed by atoms with Gasteiger partial charge < -0.3 is 0 Å². The minimum Gasteiger partial charge on any atom is -0.268 e. The molecule has 3 nitrogen and oxygen atoms in total. The van der Waals surface area contributed by atoms with Crippen LogP contribution in [-0.2, 0) is 24.0 Å². The average molecular weight is 489 g/mol. The monoisotopic (exact) mass is 488 g/mol. The molecule has 5 heteroatoms. The molecule has 0 amide bonds. The van der Waals surface area contributed by atoms with E-state index in [-0.39, 0.29) is 11.0 Å². The summed E-state index contributed by atoms with van der Waals surface area (Å²) in [5.41, 5.74) is 7.36. The minimum atomic E-state index is 0.0817.